The average molecular weight is 283 g/mol. The molecule has 1 aromatic rings. The van der Waals surface area contributed by atoms with Crippen molar-refractivity contribution in [2.24, 2.45) is 0 Å². The first-order valence-corrected chi connectivity index (χ1v) is 7.19. The Morgan fingerprint density at radius 1 is 1.50 bits per heavy atom. The van der Waals surface area contributed by atoms with E-state index in [-0.39, 0.29) is 0 Å². The molecule has 1 saturated heterocycles. The van der Waals surface area contributed by atoms with Crippen molar-refractivity contribution in [2.75, 3.05) is 16.8 Å². The van der Waals surface area contributed by atoms with Gasteiger partial charge < -0.3 is 4.90 Å². The SMILES string of the molecule is Cc1cccnc1N1CCCCC1CCBr. The van der Waals surface area contributed by atoms with Crippen molar-refractivity contribution in [1.29, 1.82) is 0 Å². The molecule has 0 radical (unpaired) electrons. The minimum Gasteiger partial charge on any atom is -0.353 e. The second kappa shape index (κ2) is 5.67. The van der Waals surface area contributed by atoms with Gasteiger partial charge in [0.15, 0.2) is 0 Å². The average Bonchev–Trinajstić information content (AvgIpc) is 2.31. The maximum atomic E-state index is 4.55. The van der Waals surface area contributed by atoms with Crippen LogP contribution in [0.15, 0.2) is 18.3 Å². The number of alkyl halides is 1. The summed E-state index contributed by atoms with van der Waals surface area (Å²) in [5, 5.41) is 1.08. The number of hydrogen-bond donors (Lipinski definition) is 0. The smallest absolute Gasteiger partial charge is 0.131 e. The van der Waals surface area contributed by atoms with Crippen LogP contribution in [0.3, 0.4) is 0 Å². The fourth-order valence-corrected chi connectivity index (χ4v) is 3.01. The molecular weight excluding hydrogens is 264 g/mol. The predicted octanol–water partition coefficient (Wildman–Crippen LogP) is 3.53. The third-order valence-corrected chi connectivity index (χ3v) is 3.78. The number of nitrogens with zero attached hydrogens (tertiary/aromatic N) is 2. The van der Waals surface area contributed by atoms with E-state index in [1.54, 1.807) is 0 Å². The van der Waals surface area contributed by atoms with Crippen LogP contribution < -0.4 is 4.90 Å². The van der Waals surface area contributed by atoms with Gasteiger partial charge in [-0.25, -0.2) is 4.98 Å². The van der Waals surface area contributed by atoms with Gasteiger partial charge in [-0.1, -0.05) is 22.0 Å². The van der Waals surface area contributed by atoms with Crippen molar-refractivity contribution >= 4 is 21.7 Å². The van der Waals surface area contributed by atoms with Crippen LogP contribution in [0.1, 0.15) is 31.2 Å². The van der Waals surface area contributed by atoms with Gasteiger partial charge in [0.05, 0.1) is 0 Å². The second-order valence-corrected chi connectivity index (χ2v) is 5.26. The summed E-state index contributed by atoms with van der Waals surface area (Å²) in [7, 11) is 0. The normalized spacial score (nSPS) is 21.1. The lowest BCUT2D eigenvalue weighted by Gasteiger charge is -2.37. The largest absolute Gasteiger partial charge is 0.353 e. The summed E-state index contributed by atoms with van der Waals surface area (Å²) in [5.74, 6) is 1.19. The van der Waals surface area contributed by atoms with Crippen LogP contribution >= 0.6 is 15.9 Å². The molecule has 1 atom stereocenters. The van der Waals surface area contributed by atoms with Crippen LogP contribution in [-0.4, -0.2) is 22.9 Å². The van der Waals surface area contributed by atoms with Gasteiger partial charge >= 0.3 is 0 Å². The zero-order chi connectivity index (χ0) is 11.4. The molecule has 1 aliphatic rings. The van der Waals surface area contributed by atoms with Crippen LogP contribution in [0.5, 0.6) is 0 Å². The molecule has 0 saturated carbocycles. The third kappa shape index (κ3) is 2.57. The molecule has 88 valence electrons. The number of hydrogen-bond acceptors (Lipinski definition) is 2. The lowest BCUT2D eigenvalue weighted by molar-refractivity contribution is 0.449. The highest BCUT2D eigenvalue weighted by Crippen LogP contribution is 2.27. The predicted molar refractivity (Wildman–Crippen MR) is 72.4 cm³/mol. The Balaban J connectivity index is 2.19. The molecule has 1 fully saturated rings. The molecule has 2 nitrogen and oxygen atoms in total. The Morgan fingerprint density at radius 2 is 2.38 bits per heavy atom. The molecular formula is C13H19BrN2. The van der Waals surface area contributed by atoms with Gasteiger partial charge in [0.25, 0.3) is 0 Å². The Morgan fingerprint density at radius 3 is 3.12 bits per heavy atom. The van der Waals surface area contributed by atoms with Crippen molar-refractivity contribution in [3.63, 3.8) is 0 Å². The van der Waals surface area contributed by atoms with E-state index in [1.807, 2.05) is 12.3 Å². The van der Waals surface area contributed by atoms with Crippen molar-refractivity contribution in [1.82, 2.24) is 4.98 Å². The van der Waals surface area contributed by atoms with E-state index in [9.17, 15) is 0 Å². The molecule has 2 rings (SSSR count). The fourth-order valence-electron chi connectivity index (χ4n) is 2.48. The number of aryl methyl sites for hydroxylation is 1. The maximum absolute atomic E-state index is 4.55. The molecule has 3 heteroatoms. The van der Waals surface area contributed by atoms with E-state index in [1.165, 1.54) is 37.1 Å². The van der Waals surface area contributed by atoms with Crippen molar-refractivity contribution in [3.8, 4) is 0 Å². The standard InChI is InChI=1S/C13H19BrN2/c1-11-5-4-9-15-13(11)16-10-3-2-6-12(16)7-8-14/h4-5,9,12H,2-3,6-8,10H2,1H3. The van der Waals surface area contributed by atoms with Crippen LogP contribution in [0.2, 0.25) is 0 Å². The Hall–Kier alpha value is -0.570. The highest BCUT2D eigenvalue weighted by atomic mass is 79.9. The quantitative estimate of drug-likeness (QED) is 0.789. The first kappa shape index (κ1) is 11.9. The molecule has 0 bridgehead atoms. The summed E-state index contributed by atoms with van der Waals surface area (Å²) in [6.45, 7) is 3.32. The topological polar surface area (TPSA) is 16.1 Å². The van der Waals surface area contributed by atoms with Gasteiger partial charge in [0.2, 0.25) is 0 Å². The molecule has 16 heavy (non-hydrogen) atoms. The van der Waals surface area contributed by atoms with E-state index in [0.717, 1.165) is 11.9 Å². The molecule has 1 aromatic heterocycles. The maximum Gasteiger partial charge on any atom is 0.131 e. The molecule has 0 aromatic carbocycles. The molecule has 1 unspecified atom stereocenters. The number of pyridine rings is 1. The Labute approximate surface area is 106 Å². The van der Waals surface area contributed by atoms with E-state index in [4.69, 9.17) is 0 Å². The summed E-state index contributed by atoms with van der Waals surface area (Å²) in [4.78, 5) is 7.05. The number of piperidine rings is 1. The summed E-state index contributed by atoms with van der Waals surface area (Å²) >= 11 is 3.56. The summed E-state index contributed by atoms with van der Waals surface area (Å²) in [6.07, 6.45) is 7.09. The first-order chi connectivity index (χ1) is 7.83. The monoisotopic (exact) mass is 282 g/mol. The number of anilines is 1. The zero-order valence-electron chi connectivity index (χ0n) is 9.82. The molecule has 0 aliphatic carbocycles. The van der Waals surface area contributed by atoms with Gasteiger partial charge in [-0.05, 0) is 44.2 Å². The molecule has 0 amide bonds. The number of rotatable bonds is 3. The molecule has 1 aliphatic heterocycles. The lowest BCUT2D eigenvalue weighted by atomic mass is 9.99. The lowest BCUT2D eigenvalue weighted by Crippen LogP contribution is -2.40. The van der Waals surface area contributed by atoms with Crippen molar-refractivity contribution < 1.29 is 0 Å². The van der Waals surface area contributed by atoms with E-state index in [2.05, 4.69) is 38.8 Å². The van der Waals surface area contributed by atoms with Crippen LogP contribution in [-0.2, 0) is 0 Å². The van der Waals surface area contributed by atoms with Gasteiger partial charge in [-0.2, -0.15) is 0 Å². The summed E-state index contributed by atoms with van der Waals surface area (Å²) < 4.78 is 0. The minimum atomic E-state index is 0.668. The molecule has 0 N–H and O–H groups in total. The second-order valence-electron chi connectivity index (χ2n) is 4.46. The first-order valence-electron chi connectivity index (χ1n) is 6.07. The van der Waals surface area contributed by atoms with Crippen molar-refractivity contribution in [2.45, 2.75) is 38.6 Å². The molecule has 0 spiro atoms. The van der Waals surface area contributed by atoms with Gasteiger partial charge in [-0.3, -0.25) is 0 Å². The van der Waals surface area contributed by atoms with Crippen LogP contribution in [0.25, 0.3) is 0 Å². The van der Waals surface area contributed by atoms with Gasteiger partial charge in [-0.15, -0.1) is 0 Å². The van der Waals surface area contributed by atoms with E-state index >= 15 is 0 Å². The zero-order valence-corrected chi connectivity index (χ0v) is 11.4. The van der Waals surface area contributed by atoms with Crippen LogP contribution in [0.4, 0.5) is 5.82 Å². The van der Waals surface area contributed by atoms with Gasteiger partial charge in [0.1, 0.15) is 5.82 Å². The van der Waals surface area contributed by atoms with E-state index in [0.29, 0.717) is 6.04 Å². The summed E-state index contributed by atoms with van der Waals surface area (Å²) in [5.41, 5.74) is 1.30. The van der Waals surface area contributed by atoms with Gasteiger partial charge in [0, 0.05) is 24.1 Å². The third-order valence-electron chi connectivity index (χ3n) is 3.32. The fraction of sp³-hybridized carbons (Fsp3) is 0.615. The minimum absolute atomic E-state index is 0.668. The van der Waals surface area contributed by atoms with E-state index < -0.39 is 0 Å². The van der Waals surface area contributed by atoms with Crippen LogP contribution in [0, 0.1) is 6.92 Å². The Bertz CT molecular complexity index is 338. The number of halogens is 1. The summed E-state index contributed by atoms with van der Waals surface area (Å²) in [6, 6.07) is 4.84. The Kier molecular flexibility index (Phi) is 4.22. The number of aromatic nitrogens is 1. The molecule has 2 heterocycles. The highest BCUT2D eigenvalue weighted by molar-refractivity contribution is 9.09. The highest BCUT2D eigenvalue weighted by Gasteiger charge is 2.23. The van der Waals surface area contributed by atoms with Crippen molar-refractivity contribution in [3.05, 3.63) is 23.9 Å².